The smallest absolute Gasteiger partial charge is 0.0536 e. The molecule has 0 spiro atoms. The maximum absolute atomic E-state index is 5.80. The fourth-order valence-corrected chi connectivity index (χ4v) is 9.07. The number of thioether (sulfide) groups is 3. The Hall–Kier alpha value is 1.92. The van der Waals surface area contributed by atoms with Gasteiger partial charge in [0.05, 0.1) is 13.7 Å². The molecule has 1 rings (SSSR count). The highest BCUT2D eigenvalue weighted by molar-refractivity contribution is 8.33. The summed E-state index contributed by atoms with van der Waals surface area (Å²) in [5.41, 5.74) is 0. The van der Waals surface area contributed by atoms with Crippen molar-refractivity contribution in [3.63, 3.8) is 0 Å². The second-order valence-electron chi connectivity index (χ2n) is 3.13. The standard InChI is InChI=1S/C9H15Cl3S3/c10-4-1-7-13-8(2-5-11)15-9(14-7)3-6-12/h7-9H,1-6H2. The van der Waals surface area contributed by atoms with Crippen molar-refractivity contribution in [3.05, 3.63) is 0 Å². The summed E-state index contributed by atoms with van der Waals surface area (Å²) >= 11 is 23.5. The van der Waals surface area contributed by atoms with Gasteiger partial charge in [0.2, 0.25) is 0 Å². The minimum atomic E-state index is 0.630. The van der Waals surface area contributed by atoms with Crippen LogP contribution in [-0.2, 0) is 0 Å². The van der Waals surface area contributed by atoms with E-state index in [1.807, 2.05) is 35.3 Å². The molecular formula is C9H15Cl3S3. The number of hydrogen-bond acceptors (Lipinski definition) is 3. The quantitative estimate of drug-likeness (QED) is 0.626. The van der Waals surface area contributed by atoms with Gasteiger partial charge in [-0.05, 0) is 19.3 Å². The van der Waals surface area contributed by atoms with E-state index in [0.717, 1.165) is 36.9 Å². The summed E-state index contributed by atoms with van der Waals surface area (Å²) < 4.78 is 1.89. The first kappa shape index (κ1) is 15.0. The van der Waals surface area contributed by atoms with Crippen LogP contribution in [-0.4, -0.2) is 31.4 Å². The first-order valence-corrected chi connectivity index (χ1v) is 9.37. The van der Waals surface area contributed by atoms with E-state index in [0.29, 0.717) is 13.7 Å². The molecule has 90 valence electrons. The molecule has 0 N–H and O–H groups in total. The van der Waals surface area contributed by atoms with Crippen LogP contribution in [0.25, 0.3) is 0 Å². The molecule has 0 aromatic carbocycles. The summed E-state index contributed by atoms with van der Waals surface area (Å²) in [6.45, 7) is 0. The Kier molecular flexibility index (Phi) is 8.92. The summed E-state index contributed by atoms with van der Waals surface area (Å²) in [6.07, 6.45) is 3.24. The van der Waals surface area contributed by atoms with Crippen LogP contribution in [0.5, 0.6) is 0 Å². The highest BCUT2D eigenvalue weighted by Gasteiger charge is 2.29. The highest BCUT2D eigenvalue weighted by atomic mass is 35.5. The second-order valence-corrected chi connectivity index (χ2v) is 9.39. The molecule has 0 aromatic heterocycles. The van der Waals surface area contributed by atoms with Gasteiger partial charge in [0.25, 0.3) is 0 Å². The van der Waals surface area contributed by atoms with Crippen molar-refractivity contribution in [2.75, 3.05) is 17.6 Å². The largest absolute Gasteiger partial charge is 0.133 e. The lowest BCUT2D eigenvalue weighted by Gasteiger charge is -2.33. The van der Waals surface area contributed by atoms with Crippen LogP contribution in [0.4, 0.5) is 0 Å². The van der Waals surface area contributed by atoms with Gasteiger partial charge in [-0.15, -0.1) is 70.1 Å². The van der Waals surface area contributed by atoms with E-state index < -0.39 is 0 Å². The van der Waals surface area contributed by atoms with Crippen molar-refractivity contribution in [2.24, 2.45) is 0 Å². The molecule has 0 amide bonds. The molecule has 0 nitrogen and oxygen atoms in total. The van der Waals surface area contributed by atoms with Crippen molar-refractivity contribution in [2.45, 2.75) is 33.0 Å². The summed E-state index contributed by atoms with van der Waals surface area (Å²) in [4.78, 5) is 0. The molecule has 0 aliphatic carbocycles. The van der Waals surface area contributed by atoms with Crippen LogP contribution in [0.1, 0.15) is 19.3 Å². The number of rotatable bonds is 6. The predicted molar refractivity (Wildman–Crippen MR) is 80.1 cm³/mol. The number of alkyl halides is 3. The third kappa shape index (κ3) is 5.87. The van der Waals surface area contributed by atoms with Crippen LogP contribution in [0.3, 0.4) is 0 Å². The van der Waals surface area contributed by atoms with E-state index in [-0.39, 0.29) is 0 Å². The van der Waals surface area contributed by atoms with E-state index in [1.54, 1.807) is 0 Å². The molecule has 1 fully saturated rings. The van der Waals surface area contributed by atoms with E-state index in [2.05, 4.69) is 0 Å². The molecular weight excluding hydrogens is 311 g/mol. The Labute approximate surface area is 120 Å². The molecule has 0 aromatic rings. The Morgan fingerprint density at radius 1 is 0.600 bits per heavy atom. The van der Waals surface area contributed by atoms with Crippen LogP contribution in [0.15, 0.2) is 0 Å². The van der Waals surface area contributed by atoms with Gasteiger partial charge in [-0.2, -0.15) is 0 Å². The van der Waals surface area contributed by atoms with Crippen molar-refractivity contribution >= 4 is 70.1 Å². The summed E-state index contributed by atoms with van der Waals surface area (Å²) in [7, 11) is 0. The van der Waals surface area contributed by atoms with Gasteiger partial charge in [-0.1, -0.05) is 0 Å². The van der Waals surface area contributed by atoms with Crippen molar-refractivity contribution in [1.29, 1.82) is 0 Å². The Bertz CT molecular complexity index is 136. The van der Waals surface area contributed by atoms with Crippen LogP contribution in [0.2, 0.25) is 0 Å². The summed E-state index contributed by atoms with van der Waals surface area (Å²) in [6, 6.07) is 0. The summed E-state index contributed by atoms with van der Waals surface area (Å²) in [5, 5.41) is 0. The van der Waals surface area contributed by atoms with Crippen molar-refractivity contribution in [1.82, 2.24) is 0 Å². The zero-order valence-electron chi connectivity index (χ0n) is 8.33. The monoisotopic (exact) mass is 324 g/mol. The first-order chi connectivity index (χ1) is 7.30. The van der Waals surface area contributed by atoms with Gasteiger partial charge in [-0.25, -0.2) is 0 Å². The highest BCUT2D eigenvalue weighted by Crippen LogP contribution is 2.50. The zero-order valence-corrected chi connectivity index (χ0v) is 13.1. The molecule has 1 saturated heterocycles. The van der Waals surface area contributed by atoms with Gasteiger partial charge >= 0.3 is 0 Å². The molecule has 1 aliphatic heterocycles. The number of halogens is 3. The molecule has 0 radical (unpaired) electrons. The van der Waals surface area contributed by atoms with Gasteiger partial charge in [-0.3, -0.25) is 0 Å². The predicted octanol–water partition coefficient (Wildman–Crippen LogP) is 5.06. The minimum absolute atomic E-state index is 0.630. The van der Waals surface area contributed by atoms with E-state index >= 15 is 0 Å². The Morgan fingerprint density at radius 2 is 0.867 bits per heavy atom. The topological polar surface area (TPSA) is 0 Å². The minimum Gasteiger partial charge on any atom is -0.133 e. The lowest BCUT2D eigenvalue weighted by molar-refractivity contribution is 0.986. The average molecular weight is 326 g/mol. The fourth-order valence-electron chi connectivity index (χ4n) is 1.28. The Balaban J connectivity index is 2.40. The third-order valence-corrected chi connectivity index (χ3v) is 7.84. The maximum Gasteiger partial charge on any atom is 0.0536 e. The van der Waals surface area contributed by atoms with E-state index in [1.165, 1.54) is 0 Å². The average Bonchev–Trinajstić information content (AvgIpc) is 2.19. The lowest BCUT2D eigenvalue weighted by atomic mass is 10.5. The van der Waals surface area contributed by atoms with Crippen LogP contribution < -0.4 is 0 Å². The fraction of sp³-hybridized carbons (Fsp3) is 1.00. The van der Waals surface area contributed by atoms with Crippen molar-refractivity contribution < 1.29 is 0 Å². The molecule has 0 saturated carbocycles. The normalized spacial score (nSPS) is 31.8. The molecule has 0 atom stereocenters. The van der Waals surface area contributed by atoms with Gasteiger partial charge in [0.1, 0.15) is 0 Å². The van der Waals surface area contributed by atoms with Crippen LogP contribution >= 0.6 is 70.1 Å². The molecule has 1 heterocycles. The first-order valence-electron chi connectivity index (χ1n) is 4.94. The second kappa shape index (κ2) is 8.93. The Morgan fingerprint density at radius 3 is 1.07 bits per heavy atom. The molecule has 0 unspecified atom stereocenters. The van der Waals surface area contributed by atoms with Crippen LogP contribution in [0, 0.1) is 0 Å². The van der Waals surface area contributed by atoms with E-state index in [9.17, 15) is 0 Å². The maximum atomic E-state index is 5.80. The SMILES string of the molecule is ClCCC1SC(CCCl)SC(CCCl)S1. The van der Waals surface area contributed by atoms with Crippen molar-refractivity contribution in [3.8, 4) is 0 Å². The zero-order chi connectivity index (χ0) is 11.1. The molecule has 0 bridgehead atoms. The number of hydrogen-bond donors (Lipinski definition) is 0. The van der Waals surface area contributed by atoms with Gasteiger partial charge in [0.15, 0.2) is 0 Å². The summed E-state index contributed by atoms with van der Waals surface area (Å²) in [5.74, 6) is 2.24. The lowest BCUT2D eigenvalue weighted by Crippen LogP contribution is -2.19. The van der Waals surface area contributed by atoms with E-state index in [4.69, 9.17) is 34.8 Å². The van der Waals surface area contributed by atoms with Gasteiger partial charge in [0, 0.05) is 17.6 Å². The molecule has 6 heteroatoms. The van der Waals surface area contributed by atoms with Gasteiger partial charge < -0.3 is 0 Å². The molecule has 15 heavy (non-hydrogen) atoms. The molecule has 1 aliphatic rings. The third-order valence-electron chi connectivity index (χ3n) is 1.95.